The lowest BCUT2D eigenvalue weighted by Gasteiger charge is -2.11. The summed E-state index contributed by atoms with van der Waals surface area (Å²) in [6.07, 6.45) is 4.19. The Morgan fingerprint density at radius 2 is 2.43 bits per heavy atom. The lowest BCUT2D eigenvalue weighted by atomic mass is 10.1. The molecule has 3 nitrogen and oxygen atoms in total. The van der Waals surface area contributed by atoms with Gasteiger partial charge >= 0.3 is 0 Å². The normalized spacial score (nSPS) is 12.1. The summed E-state index contributed by atoms with van der Waals surface area (Å²) in [7, 11) is 0. The first-order valence-corrected chi connectivity index (χ1v) is 4.74. The zero-order chi connectivity index (χ0) is 10.4. The Morgan fingerprint density at radius 3 is 3.07 bits per heavy atom. The summed E-state index contributed by atoms with van der Waals surface area (Å²) < 4.78 is 0. The topological polar surface area (TPSA) is 48.7 Å². The van der Waals surface area contributed by atoms with Gasteiger partial charge in [0.05, 0.1) is 12.5 Å². The van der Waals surface area contributed by atoms with Crippen LogP contribution < -0.4 is 5.32 Å². The third-order valence-corrected chi connectivity index (χ3v) is 2.17. The molecule has 14 heavy (non-hydrogen) atoms. The summed E-state index contributed by atoms with van der Waals surface area (Å²) in [4.78, 5) is 4.03. The van der Waals surface area contributed by atoms with Gasteiger partial charge in [0, 0.05) is 25.0 Å². The van der Waals surface area contributed by atoms with Crippen LogP contribution in [0.15, 0.2) is 18.5 Å². The molecule has 1 aromatic heterocycles. The van der Waals surface area contributed by atoms with E-state index >= 15 is 0 Å². The molecule has 0 saturated heterocycles. The number of nitrogens with one attached hydrogen (secondary N) is 1. The Balaban J connectivity index is 2.46. The zero-order valence-corrected chi connectivity index (χ0v) is 8.62. The Kier molecular flexibility index (Phi) is 4.09. The Bertz CT molecular complexity index is 328. The van der Waals surface area contributed by atoms with Crippen molar-refractivity contribution in [2.75, 3.05) is 0 Å². The lowest BCUT2D eigenvalue weighted by Crippen LogP contribution is -2.25. The van der Waals surface area contributed by atoms with Crippen LogP contribution in [0.4, 0.5) is 0 Å². The van der Waals surface area contributed by atoms with Gasteiger partial charge in [-0.3, -0.25) is 4.98 Å². The Labute approximate surface area is 84.8 Å². The summed E-state index contributed by atoms with van der Waals surface area (Å²) in [5.74, 6) is 0. The molecule has 3 heteroatoms. The smallest absolute Gasteiger partial charge is 0.0638 e. The molecule has 0 bridgehead atoms. The van der Waals surface area contributed by atoms with Gasteiger partial charge in [0.25, 0.3) is 0 Å². The van der Waals surface area contributed by atoms with E-state index < -0.39 is 0 Å². The number of aromatic nitrogens is 1. The highest BCUT2D eigenvalue weighted by Gasteiger charge is 2.01. The fraction of sp³-hybridized carbons (Fsp3) is 0.455. The number of hydrogen-bond donors (Lipinski definition) is 1. The van der Waals surface area contributed by atoms with Crippen LogP contribution in [0.2, 0.25) is 0 Å². The molecule has 0 fully saturated rings. The number of hydrogen-bond acceptors (Lipinski definition) is 3. The average molecular weight is 189 g/mol. The summed E-state index contributed by atoms with van der Waals surface area (Å²) >= 11 is 0. The largest absolute Gasteiger partial charge is 0.309 e. The molecule has 1 unspecified atom stereocenters. The van der Waals surface area contributed by atoms with Gasteiger partial charge in [-0.15, -0.1) is 0 Å². The van der Waals surface area contributed by atoms with Gasteiger partial charge in [-0.1, -0.05) is 0 Å². The predicted octanol–water partition coefficient (Wildman–Crippen LogP) is 1.78. The minimum atomic E-state index is 0.243. The maximum Gasteiger partial charge on any atom is 0.0638 e. The summed E-state index contributed by atoms with van der Waals surface area (Å²) in [6.45, 7) is 4.86. The van der Waals surface area contributed by atoms with E-state index in [1.807, 2.05) is 26.1 Å². The zero-order valence-electron chi connectivity index (χ0n) is 8.62. The van der Waals surface area contributed by atoms with E-state index in [4.69, 9.17) is 5.26 Å². The molecule has 1 atom stereocenters. The fourth-order valence-electron chi connectivity index (χ4n) is 1.19. The minimum Gasteiger partial charge on any atom is -0.309 e. The van der Waals surface area contributed by atoms with E-state index in [2.05, 4.69) is 16.4 Å². The van der Waals surface area contributed by atoms with Gasteiger partial charge in [0.2, 0.25) is 0 Å². The van der Waals surface area contributed by atoms with E-state index in [9.17, 15) is 0 Å². The van der Waals surface area contributed by atoms with Crippen molar-refractivity contribution in [3.8, 4) is 6.07 Å². The van der Waals surface area contributed by atoms with E-state index in [1.54, 1.807) is 6.20 Å². The SMILES string of the molecule is Cc1cnccc1CNC(C)CC#N. The highest BCUT2D eigenvalue weighted by Crippen LogP contribution is 2.04. The van der Waals surface area contributed by atoms with E-state index in [1.165, 1.54) is 11.1 Å². The van der Waals surface area contributed by atoms with Crippen molar-refractivity contribution in [1.82, 2.24) is 10.3 Å². The van der Waals surface area contributed by atoms with Gasteiger partial charge in [-0.05, 0) is 31.0 Å². The second kappa shape index (κ2) is 5.36. The minimum absolute atomic E-state index is 0.243. The quantitative estimate of drug-likeness (QED) is 0.785. The highest BCUT2D eigenvalue weighted by atomic mass is 14.9. The first-order chi connectivity index (χ1) is 6.74. The van der Waals surface area contributed by atoms with Crippen molar-refractivity contribution in [3.05, 3.63) is 29.6 Å². The van der Waals surface area contributed by atoms with Crippen LogP contribution in [0.3, 0.4) is 0 Å². The molecule has 1 aromatic rings. The van der Waals surface area contributed by atoms with E-state index in [-0.39, 0.29) is 6.04 Å². The fourth-order valence-corrected chi connectivity index (χ4v) is 1.19. The van der Waals surface area contributed by atoms with Gasteiger partial charge in [0.1, 0.15) is 0 Å². The molecule has 1 N–H and O–H groups in total. The Hall–Kier alpha value is -1.40. The number of nitrogens with zero attached hydrogens (tertiary/aromatic N) is 2. The molecule has 1 rings (SSSR count). The molecular formula is C11H15N3. The average Bonchev–Trinajstić information content (AvgIpc) is 2.17. The monoisotopic (exact) mass is 189 g/mol. The van der Waals surface area contributed by atoms with Crippen LogP contribution in [-0.4, -0.2) is 11.0 Å². The summed E-state index contributed by atoms with van der Waals surface area (Å²) in [5, 5.41) is 11.8. The molecule has 0 spiro atoms. The second-order valence-corrected chi connectivity index (χ2v) is 3.45. The van der Waals surface area contributed by atoms with Crippen LogP contribution in [0, 0.1) is 18.3 Å². The molecule has 1 heterocycles. The molecule has 0 radical (unpaired) electrons. The van der Waals surface area contributed by atoms with Crippen molar-refractivity contribution < 1.29 is 0 Å². The number of nitriles is 1. The van der Waals surface area contributed by atoms with Crippen LogP contribution in [-0.2, 0) is 6.54 Å². The highest BCUT2D eigenvalue weighted by molar-refractivity contribution is 5.21. The van der Waals surface area contributed by atoms with Crippen LogP contribution >= 0.6 is 0 Å². The molecule has 0 aliphatic heterocycles. The van der Waals surface area contributed by atoms with Gasteiger partial charge in [-0.2, -0.15) is 5.26 Å². The molecule has 0 saturated carbocycles. The van der Waals surface area contributed by atoms with Gasteiger partial charge < -0.3 is 5.32 Å². The van der Waals surface area contributed by atoms with Crippen molar-refractivity contribution in [1.29, 1.82) is 5.26 Å². The van der Waals surface area contributed by atoms with Crippen LogP contribution in [0.1, 0.15) is 24.5 Å². The van der Waals surface area contributed by atoms with E-state index in [0.717, 1.165) is 6.54 Å². The van der Waals surface area contributed by atoms with Crippen molar-refractivity contribution in [2.24, 2.45) is 0 Å². The molecular weight excluding hydrogens is 174 g/mol. The molecule has 74 valence electrons. The predicted molar refractivity (Wildman–Crippen MR) is 55.5 cm³/mol. The third-order valence-electron chi connectivity index (χ3n) is 2.17. The third kappa shape index (κ3) is 3.15. The maximum absolute atomic E-state index is 8.49. The van der Waals surface area contributed by atoms with Crippen molar-refractivity contribution >= 4 is 0 Å². The summed E-state index contributed by atoms with van der Waals surface area (Å²) in [6, 6.07) is 4.39. The molecule has 0 aromatic carbocycles. The van der Waals surface area contributed by atoms with Crippen molar-refractivity contribution in [3.63, 3.8) is 0 Å². The first kappa shape index (κ1) is 10.7. The number of rotatable bonds is 4. The van der Waals surface area contributed by atoms with Crippen molar-refractivity contribution in [2.45, 2.75) is 32.9 Å². The Morgan fingerprint density at radius 1 is 1.64 bits per heavy atom. The molecule has 0 aliphatic carbocycles. The standard InChI is InChI=1S/C11H15N3/c1-9-7-13-6-4-11(9)8-14-10(2)3-5-12/h4,6-7,10,14H,3,8H2,1-2H3. The summed E-state index contributed by atoms with van der Waals surface area (Å²) in [5.41, 5.74) is 2.42. The molecule has 0 amide bonds. The van der Waals surface area contributed by atoms with Crippen LogP contribution in [0.5, 0.6) is 0 Å². The van der Waals surface area contributed by atoms with Crippen LogP contribution in [0.25, 0.3) is 0 Å². The first-order valence-electron chi connectivity index (χ1n) is 4.74. The van der Waals surface area contributed by atoms with Gasteiger partial charge in [-0.25, -0.2) is 0 Å². The number of aryl methyl sites for hydroxylation is 1. The second-order valence-electron chi connectivity index (χ2n) is 3.45. The van der Waals surface area contributed by atoms with Gasteiger partial charge in [0.15, 0.2) is 0 Å². The molecule has 0 aliphatic rings. The number of pyridine rings is 1. The maximum atomic E-state index is 8.49. The van der Waals surface area contributed by atoms with E-state index in [0.29, 0.717) is 6.42 Å². The lowest BCUT2D eigenvalue weighted by molar-refractivity contribution is 0.556.